The van der Waals surface area contributed by atoms with Gasteiger partial charge in [0.1, 0.15) is 0 Å². The van der Waals surface area contributed by atoms with Gasteiger partial charge in [-0.3, -0.25) is 0 Å². The normalized spacial score (nSPS) is 17.7. The fourth-order valence-corrected chi connectivity index (χ4v) is 4.35. The van der Waals surface area contributed by atoms with Crippen LogP contribution < -0.4 is 0 Å². The van der Waals surface area contributed by atoms with Gasteiger partial charge in [0, 0.05) is 31.7 Å². The van der Waals surface area contributed by atoms with Gasteiger partial charge < -0.3 is 4.57 Å². The molecule has 0 bridgehead atoms. The number of rotatable bonds is 5. The van der Waals surface area contributed by atoms with Crippen LogP contribution in [0.5, 0.6) is 0 Å². The van der Waals surface area contributed by atoms with Crippen molar-refractivity contribution in [1.29, 1.82) is 0 Å². The molecule has 1 aliphatic rings. The molecule has 0 saturated heterocycles. The molecule has 18 heavy (non-hydrogen) atoms. The Morgan fingerprint density at radius 3 is 2.67 bits per heavy atom. The third-order valence-corrected chi connectivity index (χ3v) is 5.30. The predicted molar refractivity (Wildman–Crippen MR) is 70.1 cm³/mol. The van der Waals surface area contributed by atoms with E-state index < -0.39 is 10.0 Å². The Bertz CT molecular complexity index is 494. The minimum absolute atomic E-state index is 0.0794. The van der Waals surface area contributed by atoms with Crippen LogP contribution in [-0.4, -0.2) is 40.7 Å². The zero-order valence-electron chi connectivity index (χ0n) is 10.4. The summed E-state index contributed by atoms with van der Waals surface area (Å²) < 4.78 is 28.2. The molecule has 2 rings (SSSR count). The first-order valence-electron chi connectivity index (χ1n) is 6.11. The van der Waals surface area contributed by atoms with Crippen LogP contribution in [-0.2, 0) is 17.1 Å². The highest BCUT2D eigenvalue weighted by atomic mass is 35.5. The van der Waals surface area contributed by atoms with Gasteiger partial charge in [-0.25, -0.2) is 13.4 Å². The summed E-state index contributed by atoms with van der Waals surface area (Å²) in [6.07, 6.45) is 7.04. The molecule has 1 aromatic heterocycles. The summed E-state index contributed by atoms with van der Waals surface area (Å²) in [5.74, 6) is 0.308. The lowest BCUT2D eigenvalue weighted by atomic mass is 10.2. The van der Waals surface area contributed by atoms with Crippen molar-refractivity contribution in [2.75, 3.05) is 12.4 Å². The van der Waals surface area contributed by atoms with E-state index in [0.29, 0.717) is 12.4 Å². The average Bonchev–Trinajstić information content (AvgIpc) is 2.96. The molecule has 0 radical (unpaired) electrons. The van der Waals surface area contributed by atoms with Crippen LogP contribution in [0.2, 0.25) is 0 Å². The Kier molecular flexibility index (Phi) is 4.29. The lowest BCUT2D eigenvalue weighted by molar-refractivity contribution is 0.336. The van der Waals surface area contributed by atoms with Crippen LogP contribution >= 0.6 is 11.6 Å². The fourth-order valence-electron chi connectivity index (χ4n) is 2.42. The molecular formula is C11H18ClN3O2S. The molecule has 1 aliphatic carbocycles. The van der Waals surface area contributed by atoms with Gasteiger partial charge >= 0.3 is 0 Å². The van der Waals surface area contributed by atoms with Gasteiger partial charge in [-0.05, 0) is 12.8 Å². The second-order valence-electron chi connectivity index (χ2n) is 4.62. The Balaban J connectivity index is 2.28. The molecule has 1 saturated carbocycles. The summed E-state index contributed by atoms with van der Waals surface area (Å²) in [6, 6.07) is 0.0794. The van der Waals surface area contributed by atoms with Crippen molar-refractivity contribution in [2.24, 2.45) is 7.05 Å². The molecule has 1 aromatic rings. The summed E-state index contributed by atoms with van der Waals surface area (Å²) in [7, 11) is -1.75. The fraction of sp³-hybridized carbons (Fsp3) is 0.727. The third kappa shape index (κ3) is 2.70. The maximum absolute atomic E-state index is 12.5. The van der Waals surface area contributed by atoms with Crippen molar-refractivity contribution in [2.45, 2.75) is 36.8 Å². The Labute approximate surface area is 113 Å². The highest BCUT2D eigenvalue weighted by Crippen LogP contribution is 2.27. The highest BCUT2D eigenvalue weighted by molar-refractivity contribution is 7.89. The largest absolute Gasteiger partial charge is 0.339 e. The van der Waals surface area contributed by atoms with E-state index in [1.807, 2.05) is 0 Å². The van der Waals surface area contributed by atoms with Gasteiger partial charge in [0.05, 0.1) is 6.33 Å². The van der Waals surface area contributed by atoms with Crippen LogP contribution in [0.15, 0.2) is 17.6 Å². The number of hydrogen-bond acceptors (Lipinski definition) is 3. The van der Waals surface area contributed by atoms with Crippen molar-refractivity contribution in [1.82, 2.24) is 13.9 Å². The number of alkyl halides is 1. The van der Waals surface area contributed by atoms with Crippen molar-refractivity contribution >= 4 is 21.6 Å². The Hall–Kier alpha value is -0.590. The summed E-state index contributed by atoms with van der Waals surface area (Å²) in [4.78, 5) is 3.95. The summed E-state index contributed by atoms with van der Waals surface area (Å²) in [6.45, 7) is 0.352. The van der Waals surface area contributed by atoms with E-state index in [2.05, 4.69) is 4.98 Å². The first-order valence-corrected chi connectivity index (χ1v) is 8.09. The molecule has 0 aromatic carbocycles. The van der Waals surface area contributed by atoms with Gasteiger partial charge in [-0.15, -0.1) is 11.6 Å². The van der Waals surface area contributed by atoms with E-state index in [0.717, 1.165) is 25.7 Å². The molecule has 0 amide bonds. The van der Waals surface area contributed by atoms with Crippen LogP contribution in [0, 0.1) is 0 Å². The molecule has 0 unspecified atom stereocenters. The van der Waals surface area contributed by atoms with E-state index >= 15 is 0 Å². The van der Waals surface area contributed by atoms with Gasteiger partial charge in [0.15, 0.2) is 5.03 Å². The maximum atomic E-state index is 12.5. The molecule has 0 spiro atoms. The molecule has 0 atom stereocenters. The molecule has 5 nitrogen and oxygen atoms in total. The summed E-state index contributed by atoms with van der Waals surface area (Å²) in [5.41, 5.74) is 0. The molecule has 0 N–H and O–H groups in total. The summed E-state index contributed by atoms with van der Waals surface area (Å²) >= 11 is 5.74. The second-order valence-corrected chi connectivity index (χ2v) is 6.84. The molecule has 1 fully saturated rings. The number of imidazole rings is 1. The van der Waals surface area contributed by atoms with Crippen LogP contribution in [0.1, 0.15) is 25.7 Å². The first-order chi connectivity index (χ1) is 8.55. The number of halogens is 1. The van der Waals surface area contributed by atoms with Gasteiger partial charge in [0.2, 0.25) is 0 Å². The van der Waals surface area contributed by atoms with Gasteiger partial charge in [0.25, 0.3) is 10.0 Å². The zero-order chi connectivity index (χ0) is 13.2. The predicted octanol–water partition coefficient (Wildman–Crippen LogP) is 1.59. The van der Waals surface area contributed by atoms with Crippen LogP contribution in [0.4, 0.5) is 0 Å². The van der Waals surface area contributed by atoms with Crippen molar-refractivity contribution < 1.29 is 8.42 Å². The second kappa shape index (κ2) is 5.59. The third-order valence-electron chi connectivity index (χ3n) is 3.29. The number of aryl methyl sites for hydroxylation is 1. The lowest BCUT2D eigenvalue weighted by Crippen LogP contribution is -2.40. The van der Waals surface area contributed by atoms with E-state index in [1.54, 1.807) is 11.6 Å². The smallest absolute Gasteiger partial charge is 0.262 e. The maximum Gasteiger partial charge on any atom is 0.262 e. The first kappa shape index (κ1) is 13.8. The van der Waals surface area contributed by atoms with E-state index in [4.69, 9.17) is 11.6 Å². The highest BCUT2D eigenvalue weighted by Gasteiger charge is 2.33. The number of nitrogens with zero attached hydrogens (tertiary/aromatic N) is 3. The van der Waals surface area contributed by atoms with Gasteiger partial charge in [-0.1, -0.05) is 12.8 Å². The van der Waals surface area contributed by atoms with Gasteiger partial charge in [-0.2, -0.15) is 4.31 Å². The van der Waals surface area contributed by atoms with E-state index in [9.17, 15) is 8.42 Å². The quantitative estimate of drug-likeness (QED) is 0.774. The van der Waals surface area contributed by atoms with E-state index in [1.165, 1.54) is 16.8 Å². The monoisotopic (exact) mass is 291 g/mol. The molecule has 0 aliphatic heterocycles. The van der Waals surface area contributed by atoms with Crippen molar-refractivity contribution in [3.63, 3.8) is 0 Å². The SMILES string of the molecule is Cn1cnc(S(=O)(=O)N(CCCl)C2CCCC2)c1. The molecule has 102 valence electrons. The summed E-state index contributed by atoms with van der Waals surface area (Å²) in [5, 5.41) is 0.113. The zero-order valence-corrected chi connectivity index (χ0v) is 12.0. The lowest BCUT2D eigenvalue weighted by Gasteiger charge is -2.26. The van der Waals surface area contributed by atoms with Crippen LogP contribution in [0.3, 0.4) is 0 Å². The minimum atomic E-state index is -3.51. The Morgan fingerprint density at radius 1 is 1.50 bits per heavy atom. The van der Waals surface area contributed by atoms with Crippen LogP contribution in [0.25, 0.3) is 0 Å². The molecule has 1 heterocycles. The Morgan fingerprint density at radius 2 is 2.17 bits per heavy atom. The minimum Gasteiger partial charge on any atom is -0.339 e. The van der Waals surface area contributed by atoms with E-state index in [-0.39, 0.29) is 11.1 Å². The topological polar surface area (TPSA) is 55.2 Å². The average molecular weight is 292 g/mol. The van der Waals surface area contributed by atoms with Crippen molar-refractivity contribution in [3.8, 4) is 0 Å². The van der Waals surface area contributed by atoms with Crippen molar-refractivity contribution in [3.05, 3.63) is 12.5 Å². The number of hydrogen-bond donors (Lipinski definition) is 0. The molecular weight excluding hydrogens is 274 g/mol. The number of sulfonamides is 1. The number of aromatic nitrogens is 2. The standard InChI is InChI=1S/C11H18ClN3O2S/c1-14-8-11(13-9-14)18(16,17)15(7-6-12)10-4-2-3-5-10/h8-10H,2-7H2,1H3. The molecule has 7 heteroatoms.